The summed E-state index contributed by atoms with van der Waals surface area (Å²) >= 11 is 0. The second kappa shape index (κ2) is 7.59. The normalized spacial score (nSPS) is 18.7. The number of rotatable bonds is 6. The van der Waals surface area contributed by atoms with E-state index in [-0.39, 0.29) is 29.4 Å². The minimum Gasteiger partial charge on any atom is -0.497 e. The zero-order chi connectivity index (χ0) is 19.7. The number of hydrogen-bond acceptors (Lipinski definition) is 4. The number of imidazole rings is 1. The molecule has 28 heavy (non-hydrogen) atoms. The van der Waals surface area contributed by atoms with Crippen molar-refractivity contribution in [3.05, 3.63) is 71.6 Å². The molecule has 0 saturated heterocycles. The molecule has 3 aromatic rings. The van der Waals surface area contributed by atoms with Crippen LogP contribution in [0.3, 0.4) is 0 Å². The Hall–Kier alpha value is -2.93. The third kappa shape index (κ3) is 3.57. The summed E-state index contributed by atoms with van der Waals surface area (Å²) in [4.78, 5) is 4.31. The first-order valence-corrected chi connectivity index (χ1v) is 9.09. The van der Waals surface area contributed by atoms with Crippen molar-refractivity contribution in [1.82, 2.24) is 9.55 Å². The van der Waals surface area contributed by atoms with Gasteiger partial charge in [0.1, 0.15) is 11.4 Å². The van der Waals surface area contributed by atoms with Gasteiger partial charge in [0.05, 0.1) is 25.5 Å². The van der Waals surface area contributed by atoms with E-state index in [1.165, 1.54) is 11.7 Å². The summed E-state index contributed by atoms with van der Waals surface area (Å²) in [6.07, 6.45) is 3.35. The van der Waals surface area contributed by atoms with Crippen molar-refractivity contribution in [2.45, 2.75) is 31.5 Å². The summed E-state index contributed by atoms with van der Waals surface area (Å²) in [7, 11) is 1.35. The van der Waals surface area contributed by atoms with E-state index in [1.54, 1.807) is 6.20 Å². The van der Waals surface area contributed by atoms with Crippen molar-refractivity contribution in [3.63, 3.8) is 0 Å². The molecule has 0 unspecified atom stereocenters. The molecule has 1 fully saturated rings. The standard InChI is InChI=1S/C21H21F2N3O2/c1-27-15-9-17(22)20(18(23)10-15)26-11-19(25-21(26)24)14-7-16(8-14)28-12-13-5-3-2-4-6-13/h2-6,9-11,14,16H,7-8,12H2,1H3,(H2,24,25). The second-order valence-corrected chi connectivity index (χ2v) is 6.92. The Morgan fingerprint density at radius 2 is 1.82 bits per heavy atom. The Labute approximate surface area is 161 Å². The number of nitrogens with zero attached hydrogens (tertiary/aromatic N) is 2. The molecule has 7 heteroatoms. The number of nitrogens with two attached hydrogens (primary N) is 1. The Morgan fingerprint density at radius 3 is 2.46 bits per heavy atom. The fraction of sp³-hybridized carbons (Fsp3) is 0.286. The predicted octanol–water partition coefficient (Wildman–Crippen LogP) is 4.20. The first-order chi connectivity index (χ1) is 13.5. The predicted molar refractivity (Wildman–Crippen MR) is 101 cm³/mol. The van der Waals surface area contributed by atoms with Crippen LogP contribution in [0, 0.1) is 11.6 Å². The van der Waals surface area contributed by atoms with Crippen molar-refractivity contribution in [1.29, 1.82) is 0 Å². The quantitative estimate of drug-likeness (QED) is 0.691. The number of hydrogen-bond donors (Lipinski definition) is 1. The van der Waals surface area contributed by atoms with Crippen LogP contribution in [0.25, 0.3) is 5.69 Å². The SMILES string of the molecule is COc1cc(F)c(-n2cc(C3CC(OCc4ccccc4)C3)nc2N)c(F)c1. The fourth-order valence-electron chi connectivity index (χ4n) is 3.41. The largest absolute Gasteiger partial charge is 0.497 e. The summed E-state index contributed by atoms with van der Waals surface area (Å²) < 4.78 is 40.7. The summed E-state index contributed by atoms with van der Waals surface area (Å²) in [5.74, 6) is -1.20. The minimum atomic E-state index is -0.759. The number of methoxy groups -OCH3 is 1. The maximum Gasteiger partial charge on any atom is 0.205 e. The lowest BCUT2D eigenvalue weighted by atomic mass is 9.80. The van der Waals surface area contributed by atoms with E-state index in [1.807, 2.05) is 30.3 Å². The van der Waals surface area contributed by atoms with Gasteiger partial charge < -0.3 is 15.2 Å². The van der Waals surface area contributed by atoms with Gasteiger partial charge in [-0.1, -0.05) is 30.3 Å². The maximum atomic E-state index is 14.3. The first kappa shape index (κ1) is 18.4. The molecule has 2 N–H and O–H groups in total. The lowest BCUT2D eigenvalue weighted by Crippen LogP contribution is -2.29. The van der Waals surface area contributed by atoms with Crippen molar-refractivity contribution in [2.24, 2.45) is 0 Å². The number of halogens is 2. The molecule has 4 rings (SSSR count). The van der Waals surface area contributed by atoms with Gasteiger partial charge in [-0.15, -0.1) is 0 Å². The topological polar surface area (TPSA) is 62.3 Å². The zero-order valence-electron chi connectivity index (χ0n) is 15.4. The Bertz CT molecular complexity index is 946. The van der Waals surface area contributed by atoms with E-state index >= 15 is 0 Å². The lowest BCUT2D eigenvalue weighted by molar-refractivity contribution is -0.0214. The third-order valence-corrected chi connectivity index (χ3v) is 5.06. The van der Waals surface area contributed by atoms with E-state index in [9.17, 15) is 8.78 Å². The average molecular weight is 385 g/mol. The van der Waals surface area contributed by atoms with E-state index < -0.39 is 11.6 Å². The highest BCUT2D eigenvalue weighted by atomic mass is 19.1. The number of aromatic nitrogens is 2. The van der Waals surface area contributed by atoms with Gasteiger partial charge in [0.25, 0.3) is 0 Å². The molecule has 146 valence electrons. The molecule has 0 spiro atoms. The Kier molecular flexibility index (Phi) is 5.00. The highest BCUT2D eigenvalue weighted by Gasteiger charge is 2.33. The van der Waals surface area contributed by atoms with E-state index in [0.717, 1.165) is 30.5 Å². The molecule has 1 aliphatic carbocycles. The summed E-state index contributed by atoms with van der Waals surface area (Å²) in [5.41, 5.74) is 7.51. The van der Waals surface area contributed by atoms with Crippen LogP contribution >= 0.6 is 0 Å². The Balaban J connectivity index is 1.43. The van der Waals surface area contributed by atoms with Gasteiger partial charge >= 0.3 is 0 Å². The molecule has 1 aliphatic rings. The molecule has 1 saturated carbocycles. The molecule has 0 bridgehead atoms. The molecule has 0 radical (unpaired) electrons. The molecule has 1 heterocycles. The highest BCUT2D eigenvalue weighted by Crippen LogP contribution is 2.39. The molecular weight excluding hydrogens is 364 g/mol. The second-order valence-electron chi connectivity index (χ2n) is 6.92. The van der Waals surface area contributed by atoms with Crippen LogP contribution in [-0.2, 0) is 11.3 Å². The molecule has 0 atom stereocenters. The molecule has 0 amide bonds. The van der Waals surface area contributed by atoms with Crippen LogP contribution < -0.4 is 10.5 Å². The van der Waals surface area contributed by atoms with Gasteiger partial charge in [0.15, 0.2) is 11.6 Å². The van der Waals surface area contributed by atoms with Gasteiger partial charge in [-0.2, -0.15) is 0 Å². The van der Waals surface area contributed by atoms with Crippen LogP contribution in [0.5, 0.6) is 5.75 Å². The van der Waals surface area contributed by atoms with Crippen molar-refractivity contribution < 1.29 is 18.3 Å². The van der Waals surface area contributed by atoms with Crippen molar-refractivity contribution in [3.8, 4) is 11.4 Å². The maximum absolute atomic E-state index is 14.3. The fourth-order valence-corrected chi connectivity index (χ4v) is 3.41. The van der Waals surface area contributed by atoms with Gasteiger partial charge in [-0.05, 0) is 18.4 Å². The molecular formula is C21H21F2N3O2. The molecule has 0 aliphatic heterocycles. The van der Waals surface area contributed by atoms with Crippen LogP contribution in [0.4, 0.5) is 14.7 Å². The average Bonchev–Trinajstić information content (AvgIpc) is 3.01. The first-order valence-electron chi connectivity index (χ1n) is 9.09. The van der Waals surface area contributed by atoms with Crippen LogP contribution in [0.1, 0.15) is 30.0 Å². The number of anilines is 1. The highest BCUT2D eigenvalue weighted by molar-refractivity contribution is 5.46. The third-order valence-electron chi connectivity index (χ3n) is 5.06. The Morgan fingerprint density at radius 1 is 1.14 bits per heavy atom. The monoisotopic (exact) mass is 385 g/mol. The van der Waals surface area contributed by atoms with Crippen molar-refractivity contribution in [2.75, 3.05) is 12.8 Å². The van der Waals surface area contributed by atoms with E-state index in [2.05, 4.69) is 4.98 Å². The minimum absolute atomic E-state index is 0.0478. The summed E-state index contributed by atoms with van der Waals surface area (Å²) in [5, 5.41) is 0. The summed E-state index contributed by atoms with van der Waals surface area (Å²) in [6.45, 7) is 0.567. The number of benzene rings is 2. The summed E-state index contributed by atoms with van der Waals surface area (Å²) in [6, 6.07) is 12.2. The van der Waals surface area contributed by atoms with E-state index in [4.69, 9.17) is 15.2 Å². The molecule has 5 nitrogen and oxygen atoms in total. The number of ether oxygens (including phenoxy) is 2. The zero-order valence-corrected chi connectivity index (χ0v) is 15.4. The smallest absolute Gasteiger partial charge is 0.205 e. The number of nitrogen functional groups attached to an aromatic ring is 1. The van der Waals surface area contributed by atoms with E-state index in [0.29, 0.717) is 12.3 Å². The van der Waals surface area contributed by atoms with Gasteiger partial charge in [0.2, 0.25) is 5.95 Å². The van der Waals surface area contributed by atoms with Crippen LogP contribution in [0.15, 0.2) is 48.7 Å². The van der Waals surface area contributed by atoms with Gasteiger partial charge in [0, 0.05) is 24.2 Å². The van der Waals surface area contributed by atoms with Crippen LogP contribution in [-0.4, -0.2) is 22.8 Å². The lowest BCUT2D eigenvalue weighted by Gasteiger charge is -2.34. The van der Waals surface area contributed by atoms with Gasteiger partial charge in [-0.3, -0.25) is 4.57 Å². The van der Waals surface area contributed by atoms with Crippen LogP contribution in [0.2, 0.25) is 0 Å². The molecule has 2 aromatic carbocycles. The van der Waals surface area contributed by atoms with Gasteiger partial charge in [-0.25, -0.2) is 13.8 Å². The molecule has 1 aromatic heterocycles. The van der Waals surface area contributed by atoms with Crippen molar-refractivity contribution >= 4 is 5.95 Å².